The molecule has 0 atom stereocenters. The summed E-state index contributed by atoms with van der Waals surface area (Å²) in [5, 5.41) is 2.46. The summed E-state index contributed by atoms with van der Waals surface area (Å²) in [7, 11) is -2.92. The predicted molar refractivity (Wildman–Crippen MR) is 130 cm³/mol. The van der Waals surface area contributed by atoms with Gasteiger partial charge in [-0.2, -0.15) is 0 Å². The minimum Gasteiger partial charge on any atom is -0.289 e. The Hall–Kier alpha value is -2.27. The lowest BCUT2D eigenvalue weighted by molar-refractivity contribution is -0.363. The summed E-state index contributed by atoms with van der Waals surface area (Å²) in [6, 6.07) is 14.5. The Labute approximate surface area is 192 Å². The van der Waals surface area contributed by atoms with E-state index in [0.717, 1.165) is 0 Å². The smallest absolute Gasteiger partial charge is 0.289 e. The molecular weight excluding hydrogens is 440 g/mol. The zero-order chi connectivity index (χ0) is 23.9. The first-order valence-electron chi connectivity index (χ1n) is 10.6. The fourth-order valence-electron chi connectivity index (χ4n) is 2.72. The molecule has 0 aromatic heterocycles. The second-order valence-corrected chi connectivity index (χ2v) is 19.7. The van der Waals surface area contributed by atoms with Crippen molar-refractivity contribution in [3.05, 3.63) is 72.9 Å². The molecule has 0 fully saturated rings. The average Bonchev–Trinajstić information content (AvgIpc) is 2.74. The molecule has 2 rings (SSSR count). The molecule has 0 saturated heterocycles. The lowest BCUT2D eigenvalue weighted by Crippen LogP contribution is -2.37. The maximum Gasteiger partial charge on any atom is 0.373 e. The van der Waals surface area contributed by atoms with Gasteiger partial charge < -0.3 is 0 Å². The first-order chi connectivity index (χ1) is 14.9. The molecule has 0 amide bonds. The van der Waals surface area contributed by atoms with E-state index in [1.54, 1.807) is 24.3 Å². The van der Waals surface area contributed by atoms with Crippen LogP contribution in [0.5, 0.6) is 0 Å². The summed E-state index contributed by atoms with van der Waals surface area (Å²) in [4.78, 5) is 44.2. The van der Waals surface area contributed by atoms with Crippen LogP contribution < -0.4 is 10.4 Å². The van der Waals surface area contributed by atoms with Crippen LogP contribution in [0.15, 0.2) is 48.5 Å². The van der Waals surface area contributed by atoms with Crippen LogP contribution in [0.3, 0.4) is 0 Å². The van der Waals surface area contributed by atoms with Crippen molar-refractivity contribution >= 4 is 38.5 Å². The van der Waals surface area contributed by atoms with Gasteiger partial charge in [0.2, 0.25) is 0 Å². The van der Waals surface area contributed by atoms with E-state index in [1.165, 1.54) is 10.4 Å². The van der Waals surface area contributed by atoms with Crippen molar-refractivity contribution in [1.29, 1.82) is 0 Å². The van der Waals surface area contributed by atoms with Crippen LogP contribution in [-0.4, -0.2) is 28.1 Å². The van der Waals surface area contributed by atoms with Crippen LogP contribution in [-0.2, 0) is 19.6 Å². The Morgan fingerprint density at radius 1 is 0.656 bits per heavy atom. The number of hydrogen-bond acceptors (Lipinski definition) is 6. The van der Waals surface area contributed by atoms with Crippen LogP contribution in [0.25, 0.3) is 0 Å². The van der Waals surface area contributed by atoms with E-state index < -0.39 is 28.1 Å². The van der Waals surface area contributed by atoms with E-state index in [2.05, 4.69) is 46.2 Å². The van der Waals surface area contributed by atoms with Crippen LogP contribution >= 0.6 is 0 Å². The van der Waals surface area contributed by atoms with Crippen molar-refractivity contribution in [3.63, 3.8) is 0 Å². The van der Waals surface area contributed by atoms with Crippen molar-refractivity contribution in [1.82, 2.24) is 0 Å². The molecule has 0 unspecified atom stereocenters. The minimum atomic E-state index is -1.46. The monoisotopic (exact) mass is 472 g/mol. The van der Waals surface area contributed by atoms with Gasteiger partial charge in [0.05, 0.1) is 27.3 Å². The Morgan fingerprint density at radius 2 is 1.00 bits per heavy atom. The van der Waals surface area contributed by atoms with Gasteiger partial charge in [-0.05, 0) is 30.7 Å². The zero-order valence-corrected chi connectivity index (χ0v) is 21.7. The normalized spacial score (nSPS) is 12.0. The third-order valence-electron chi connectivity index (χ3n) is 4.77. The van der Waals surface area contributed by atoms with E-state index in [0.29, 0.717) is 17.5 Å². The SMILES string of the molecule is [CH2]CC[C](OOC(=O)c1ccc([Si](C)(C)C)cc1)OOC(=O)c1ccc([Si](C)(C)C)cc1. The number of rotatable bonds is 10. The van der Waals surface area contributed by atoms with E-state index in [4.69, 9.17) is 19.6 Å². The zero-order valence-electron chi connectivity index (χ0n) is 19.7. The quantitative estimate of drug-likeness (QED) is 0.282. The largest absolute Gasteiger partial charge is 0.373 e. The summed E-state index contributed by atoms with van der Waals surface area (Å²) < 4.78 is 0. The molecule has 0 bridgehead atoms. The molecule has 0 heterocycles. The number of carbonyl (C=O) groups excluding carboxylic acids is 2. The molecule has 0 aliphatic rings. The maximum absolute atomic E-state index is 12.3. The maximum atomic E-state index is 12.3. The van der Waals surface area contributed by atoms with Gasteiger partial charge in [-0.15, -0.1) is 9.78 Å². The highest BCUT2D eigenvalue weighted by molar-refractivity contribution is 6.89. The summed E-state index contributed by atoms with van der Waals surface area (Å²) in [5.41, 5.74) is 0.695. The molecule has 32 heavy (non-hydrogen) atoms. The second kappa shape index (κ2) is 11.0. The first kappa shape index (κ1) is 26.0. The summed E-state index contributed by atoms with van der Waals surface area (Å²) in [6.45, 7) is 17.1. The van der Waals surface area contributed by atoms with Gasteiger partial charge in [0.25, 0.3) is 0 Å². The Kier molecular flexibility index (Phi) is 8.97. The highest BCUT2D eigenvalue weighted by Gasteiger charge is 2.22. The Balaban J connectivity index is 1.90. The van der Waals surface area contributed by atoms with Gasteiger partial charge in [-0.1, -0.05) is 80.8 Å². The van der Waals surface area contributed by atoms with E-state index >= 15 is 0 Å². The Morgan fingerprint density at radius 3 is 1.28 bits per heavy atom. The summed E-state index contributed by atoms with van der Waals surface area (Å²) in [5.74, 6) is -1.35. The van der Waals surface area contributed by atoms with Gasteiger partial charge in [0.1, 0.15) is 0 Å². The molecule has 2 radical (unpaired) electrons. The van der Waals surface area contributed by atoms with Gasteiger partial charge in [-0.25, -0.2) is 9.59 Å². The highest BCUT2D eigenvalue weighted by atomic mass is 28.3. The molecule has 0 saturated carbocycles. The number of benzene rings is 2. The molecule has 2 aromatic rings. The minimum absolute atomic E-state index is 0.167. The third-order valence-corrected chi connectivity index (χ3v) is 8.91. The van der Waals surface area contributed by atoms with Crippen LogP contribution in [0, 0.1) is 13.2 Å². The van der Waals surface area contributed by atoms with Gasteiger partial charge in [-0.3, -0.25) is 9.78 Å². The fraction of sp³-hybridized carbons (Fsp3) is 0.333. The summed E-state index contributed by atoms with van der Waals surface area (Å²) >= 11 is 0. The predicted octanol–water partition coefficient (Wildman–Crippen LogP) is 4.76. The van der Waals surface area contributed by atoms with Crippen molar-refractivity contribution < 1.29 is 29.1 Å². The molecule has 0 N–H and O–H groups in total. The molecule has 0 spiro atoms. The number of carbonyl (C=O) groups is 2. The lowest BCUT2D eigenvalue weighted by Gasteiger charge is -2.17. The highest BCUT2D eigenvalue weighted by Crippen LogP contribution is 2.16. The van der Waals surface area contributed by atoms with E-state index in [-0.39, 0.29) is 12.7 Å². The van der Waals surface area contributed by atoms with Gasteiger partial charge in [0, 0.05) is 6.42 Å². The second-order valence-electron chi connectivity index (χ2n) is 9.54. The Bertz CT molecular complexity index is 823. The molecule has 6 nitrogen and oxygen atoms in total. The average molecular weight is 473 g/mol. The van der Waals surface area contributed by atoms with Crippen molar-refractivity contribution in [2.75, 3.05) is 0 Å². The molecule has 172 valence electrons. The fourth-order valence-corrected chi connectivity index (χ4v) is 5.05. The van der Waals surface area contributed by atoms with Crippen molar-refractivity contribution in [2.45, 2.75) is 52.1 Å². The van der Waals surface area contributed by atoms with Crippen LogP contribution in [0.1, 0.15) is 33.6 Å². The van der Waals surface area contributed by atoms with E-state index in [9.17, 15) is 9.59 Å². The van der Waals surface area contributed by atoms with Gasteiger partial charge in [0.15, 0.2) is 0 Å². The molecule has 0 aliphatic carbocycles. The molecule has 2 aromatic carbocycles. The first-order valence-corrected chi connectivity index (χ1v) is 17.6. The van der Waals surface area contributed by atoms with Gasteiger partial charge >= 0.3 is 18.2 Å². The van der Waals surface area contributed by atoms with Crippen molar-refractivity contribution in [2.24, 2.45) is 0 Å². The standard InChI is InChI=1S/C24H32O6Si2/c1-8-9-22(27-29-23(25)18-10-14-20(15-11-18)31(2,3)4)28-30-24(26)19-12-16-21(17-13-19)32(5,6)7/h10-17H,1,8-9H2,2-7H3. The molecular formula is C24H32O6Si2. The molecule has 0 aliphatic heterocycles. The van der Waals surface area contributed by atoms with E-state index in [1.807, 2.05) is 24.3 Å². The third kappa shape index (κ3) is 7.70. The van der Waals surface area contributed by atoms with Crippen molar-refractivity contribution in [3.8, 4) is 0 Å². The molecule has 8 heteroatoms. The summed E-state index contributed by atoms with van der Waals surface area (Å²) in [6.07, 6.45) is 0.406. The topological polar surface area (TPSA) is 71.1 Å². The van der Waals surface area contributed by atoms with Crippen LogP contribution in [0.2, 0.25) is 39.3 Å². The lowest BCUT2D eigenvalue weighted by atomic mass is 10.2. The number of hydrogen-bond donors (Lipinski definition) is 0. The van der Waals surface area contributed by atoms with Crippen LogP contribution in [0.4, 0.5) is 0 Å².